The van der Waals surface area contributed by atoms with Crippen LogP contribution in [0.3, 0.4) is 0 Å². The summed E-state index contributed by atoms with van der Waals surface area (Å²) in [6.45, 7) is 1.64. The summed E-state index contributed by atoms with van der Waals surface area (Å²) in [7, 11) is -0.728. The predicted molar refractivity (Wildman–Crippen MR) is 79.2 cm³/mol. The summed E-state index contributed by atoms with van der Waals surface area (Å²) in [4.78, 5) is 11.2. The SMILES string of the molecule is CC(=O)CCP1Oc2ccccc2-c2ccccc21. The molecule has 19 heavy (non-hydrogen) atoms. The molecule has 1 heterocycles. The van der Waals surface area contributed by atoms with E-state index in [1.807, 2.05) is 24.3 Å². The normalized spacial score (nSPS) is 16.2. The third kappa shape index (κ3) is 2.41. The van der Waals surface area contributed by atoms with E-state index >= 15 is 0 Å². The van der Waals surface area contributed by atoms with Crippen LogP contribution in [0.25, 0.3) is 11.1 Å². The highest BCUT2D eigenvalue weighted by atomic mass is 31.1. The number of hydrogen-bond acceptors (Lipinski definition) is 2. The second kappa shape index (κ2) is 5.14. The molecule has 1 aliphatic rings. The van der Waals surface area contributed by atoms with Crippen molar-refractivity contribution in [3.63, 3.8) is 0 Å². The molecular weight excluding hydrogens is 255 g/mol. The van der Waals surface area contributed by atoms with Crippen LogP contribution in [-0.4, -0.2) is 11.9 Å². The third-order valence-corrected chi connectivity index (χ3v) is 5.20. The molecule has 1 aliphatic heterocycles. The summed E-state index contributed by atoms with van der Waals surface area (Å²) in [5.41, 5.74) is 2.40. The molecule has 0 fully saturated rings. The molecule has 0 amide bonds. The largest absolute Gasteiger partial charge is 0.469 e. The van der Waals surface area contributed by atoms with Crippen LogP contribution in [0.15, 0.2) is 48.5 Å². The van der Waals surface area contributed by atoms with Crippen LogP contribution >= 0.6 is 8.15 Å². The molecule has 0 aliphatic carbocycles. The van der Waals surface area contributed by atoms with Crippen molar-refractivity contribution in [3.05, 3.63) is 48.5 Å². The van der Waals surface area contributed by atoms with E-state index in [4.69, 9.17) is 4.52 Å². The lowest BCUT2D eigenvalue weighted by Gasteiger charge is -2.27. The van der Waals surface area contributed by atoms with E-state index in [-0.39, 0.29) is 5.78 Å². The van der Waals surface area contributed by atoms with Crippen LogP contribution in [0.2, 0.25) is 0 Å². The lowest BCUT2D eigenvalue weighted by Crippen LogP contribution is -2.16. The number of ketones is 1. The fourth-order valence-corrected chi connectivity index (χ4v) is 4.34. The van der Waals surface area contributed by atoms with Gasteiger partial charge in [-0.25, -0.2) is 0 Å². The van der Waals surface area contributed by atoms with Gasteiger partial charge in [0.15, 0.2) is 0 Å². The van der Waals surface area contributed by atoms with Crippen molar-refractivity contribution in [2.75, 3.05) is 6.16 Å². The minimum absolute atomic E-state index is 0.224. The van der Waals surface area contributed by atoms with Gasteiger partial charge in [-0.15, -0.1) is 0 Å². The number of fused-ring (bicyclic) bond motifs is 3. The lowest BCUT2D eigenvalue weighted by atomic mass is 10.0. The van der Waals surface area contributed by atoms with Crippen LogP contribution in [0.4, 0.5) is 0 Å². The molecule has 3 heteroatoms. The Hall–Kier alpha value is -1.66. The summed E-state index contributed by atoms with van der Waals surface area (Å²) in [5.74, 6) is 1.17. The van der Waals surface area contributed by atoms with Gasteiger partial charge in [0, 0.05) is 23.5 Å². The first-order valence-corrected chi connectivity index (χ1v) is 7.83. The topological polar surface area (TPSA) is 26.3 Å². The first kappa shape index (κ1) is 12.4. The van der Waals surface area contributed by atoms with Gasteiger partial charge >= 0.3 is 0 Å². The molecule has 2 nitrogen and oxygen atoms in total. The van der Waals surface area contributed by atoms with Crippen LogP contribution < -0.4 is 9.83 Å². The maximum absolute atomic E-state index is 11.2. The van der Waals surface area contributed by atoms with Crippen molar-refractivity contribution in [3.8, 4) is 16.9 Å². The number of Topliss-reactive ketones (excluding diaryl/α,β-unsaturated/α-hetero) is 1. The van der Waals surface area contributed by atoms with Gasteiger partial charge in [-0.1, -0.05) is 42.5 Å². The van der Waals surface area contributed by atoms with Gasteiger partial charge < -0.3 is 9.32 Å². The first-order chi connectivity index (χ1) is 9.25. The predicted octanol–water partition coefficient (Wildman–Crippen LogP) is 3.75. The Morgan fingerprint density at radius 1 is 1.05 bits per heavy atom. The molecule has 1 unspecified atom stereocenters. The van der Waals surface area contributed by atoms with E-state index in [9.17, 15) is 4.79 Å². The van der Waals surface area contributed by atoms with Crippen molar-refractivity contribution < 1.29 is 9.32 Å². The number of carbonyl (C=O) groups is 1. The number of hydrogen-bond donors (Lipinski definition) is 0. The molecule has 0 N–H and O–H groups in total. The van der Waals surface area contributed by atoms with Crippen LogP contribution in [-0.2, 0) is 4.79 Å². The zero-order valence-electron chi connectivity index (χ0n) is 10.8. The molecular formula is C16H15O2P. The van der Waals surface area contributed by atoms with E-state index in [2.05, 4.69) is 24.3 Å². The summed E-state index contributed by atoms with van der Waals surface area (Å²) in [5, 5.41) is 1.25. The van der Waals surface area contributed by atoms with E-state index in [0.717, 1.165) is 17.5 Å². The highest BCUT2D eigenvalue weighted by Crippen LogP contribution is 2.48. The van der Waals surface area contributed by atoms with E-state index in [1.54, 1.807) is 6.92 Å². The average molecular weight is 270 g/mol. The van der Waals surface area contributed by atoms with Gasteiger partial charge in [-0.05, 0) is 18.6 Å². The fourth-order valence-electron chi connectivity index (χ4n) is 2.28. The smallest absolute Gasteiger partial charge is 0.131 e. The number of para-hydroxylation sites is 1. The molecule has 0 aromatic heterocycles. The quantitative estimate of drug-likeness (QED) is 0.794. The van der Waals surface area contributed by atoms with Crippen molar-refractivity contribution in [2.45, 2.75) is 13.3 Å². The maximum atomic E-state index is 11.2. The van der Waals surface area contributed by atoms with Gasteiger partial charge in [-0.3, -0.25) is 0 Å². The molecule has 2 aromatic rings. The Bertz CT molecular complexity index is 622. The van der Waals surface area contributed by atoms with Crippen molar-refractivity contribution in [1.29, 1.82) is 0 Å². The molecule has 0 spiro atoms. The molecule has 3 rings (SSSR count). The summed E-state index contributed by atoms with van der Waals surface area (Å²) in [6.07, 6.45) is 1.39. The Kier molecular flexibility index (Phi) is 3.35. The van der Waals surface area contributed by atoms with Crippen molar-refractivity contribution in [2.24, 2.45) is 0 Å². The molecule has 96 valence electrons. The Labute approximate surface area is 114 Å². The minimum atomic E-state index is -0.728. The Morgan fingerprint density at radius 2 is 1.74 bits per heavy atom. The van der Waals surface area contributed by atoms with Gasteiger partial charge in [-0.2, -0.15) is 0 Å². The van der Waals surface area contributed by atoms with E-state index in [1.165, 1.54) is 10.9 Å². The molecule has 0 saturated heterocycles. The molecule has 2 aromatic carbocycles. The van der Waals surface area contributed by atoms with Gasteiger partial charge in [0.05, 0.1) is 0 Å². The Morgan fingerprint density at radius 3 is 2.53 bits per heavy atom. The minimum Gasteiger partial charge on any atom is -0.469 e. The highest BCUT2D eigenvalue weighted by Gasteiger charge is 2.25. The second-order valence-electron chi connectivity index (χ2n) is 4.66. The summed E-state index contributed by atoms with van der Waals surface area (Å²) < 4.78 is 6.12. The molecule has 0 bridgehead atoms. The summed E-state index contributed by atoms with van der Waals surface area (Å²) in [6, 6.07) is 16.5. The standard InChI is InChI=1S/C16H15O2P/c1-12(17)10-11-19-16-9-5-3-7-14(16)13-6-2-4-8-15(13)18-19/h2-9H,10-11H2,1H3. The van der Waals surface area contributed by atoms with Crippen LogP contribution in [0.1, 0.15) is 13.3 Å². The van der Waals surface area contributed by atoms with Gasteiger partial charge in [0.25, 0.3) is 0 Å². The average Bonchev–Trinajstić information content (AvgIpc) is 2.44. The van der Waals surface area contributed by atoms with Crippen LogP contribution in [0, 0.1) is 0 Å². The first-order valence-electron chi connectivity index (χ1n) is 6.39. The molecule has 0 saturated carbocycles. The molecule has 0 radical (unpaired) electrons. The lowest BCUT2D eigenvalue weighted by molar-refractivity contribution is -0.116. The van der Waals surface area contributed by atoms with E-state index in [0.29, 0.717) is 6.42 Å². The monoisotopic (exact) mass is 270 g/mol. The van der Waals surface area contributed by atoms with Crippen molar-refractivity contribution >= 4 is 19.2 Å². The number of rotatable bonds is 3. The van der Waals surface area contributed by atoms with Gasteiger partial charge in [0.2, 0.25) is 0 Å². The van der Waals surface area contributed by atoms with Crippen LogP contribution in [0.5, 0.6) is 5.75 Å². The zero-order valence-corrected chi connectivity index (χ0v) is 11.7. The highest BCUT2D eigenvalue weighted by molar-refractivity contribution is 7.61. The Balaban J connectivity index is 2.01. The third-order valence-electron chi connectivity index (χ3n) is 3.23. The maximum Gasteiger partial charge on any atom is 0.131 e. The molecule has 1 atom stereocenters. The fraction of sp³-hybridized carbons (Fsp3) is 0.188. The van der Waals surface area contributed by atoms with E-state index < -0.39 is 8.15 Å². The number of benzene rings is 2. The summed E-state index contributed by atoms with van der Waals surface area (Å²) >= 11 is 0. The number of carbonyl (C=O) groups excluding carboxylic acids is 1. The second-order valence-corrected chi connectivity index (χ2v) is 6.53. The zero-order chi connectivity index (χ0) is 13.2. The van der Waals surface area contributed by atoms with Gasteiger partial charge in [0.1, 0.15) is 19.7 Å². The van der Waals surface area contributed by atoms with Crippen molar-refractivity contribution in [1.82, 2.24) is 0 Å².